The van der Waals surface area contributed by atoms with Crippen molar-refractivity contribution in [3.8, 4) is 0 Å². The Balaban J connectivity index is 2.46. The molecular weight excluding hydrogens is 196 g/mol. The van der Waals surface area contributed by atoms with E-state index in [0.29, 0.717) is 5.92 Å². The Bertz CT molecular complexity index is 335. The Morgan fingerprint density at radius 3 is 2.50 bits per heavy atom. The number of rotatable bonds is 5. The highest BCUT2D eigenvalue weighted by Crippen LogP contribution is 2.21. The molecule has 1 heteroatoms. The number of allylic oxidation sites excluding steroid dienone is 1. The van der Waals surface area contributed by atoms with E-state index in [4.69, 9.17) is 5.11 Å². The molecule has 0 bridgehead atoms. The Morgan fingerprint density at radius 1 is 1.31 bits per heavy atom. The predicted octanol–water partition coefficient (Wildman–Crippen LogP) is 3.82. The van der Waals surface area contributed by atoms with Crippen molar-refractivity contribution in [2.75, 3.05) is 6.61 Å². The number of benzene rings is 1. The number of hydrogen-bond donors (Lipinski definition) is 1. The van der Waals surface area contributed by atoms with Crippen LogP contribution in [0.5, 0.6) is 0 Å². The molecule has 16 heavy (non-hydrogen) atoms. The highest BCUT2D eigenvalue weighted by molar-refractivity contribution is 5.24. The molecule has 0 aromatic heterocycles. The van der Waals surface area contributed by atoms with Gasteiger partial charge in [-0.25, -0.2) is 0 Å². The van der Waals surface area contributed by atoms with Crippen LogP contribution in [0.25, 0.3) is 0 Å². The first-order valence-corrected chi connectivity index (χ1v) is 5.96. The molecule has 0 radical (unpaired) electrons. The standard InChI is InChI=1S/C15H22O/c1-12-7-9-15(10-8-12)14(3)6-4-5-13(2)11-16/h5,7-10,14,16H,4,6,11H2,1-3H3/b13-5-/t14-/m0/s1. The van der Waals surface area contributed by atoms with Crippen LogP contribution in [0.4, 0.5) is 0 Å². The second-order valence-corrected chi connectivity index (χ2v) is 4.60. The summed E-state index contributed by atoms with van der Waals surface area (Å²) >= 11 is 0. The third-order valence-electron chi connectivity index (χ3n) is 2.99. The Morgan fingerprint density at radius 2 is 1.94 bits per heavy atom. The number of hydrogen-bond acceptors (Lipinski definition) is 1. The van der Waals surface area contributed by atoms with Crippen LogP contribution in [-0.4, -0.2) is 11.7 Å². The van der Waals surface area contributed by atoms with Crippen LogP contribution in [0.2, 0.25) is 0 Å². The summed E-state index contributed by atoms with van der Waals surface area (Å²) in [6, 6.07) is 8.76. The van der Waals surface area contributed by atoms with Crippen molar-refractivity contribution in [1.29, 1.82) is 0 Å². The van der Waals surface area contributed by atoms with Gasteiger partial charge in [0.05, 0.1) is 6.61 Å². The van der Waals surface area contributed by atoms with Crippen molar-refractivity contribution in [3.05, 3.63) is 47.0 Å². The van der Waals surface area contributed by atoms with Crippen LogP contribution in [0.3, 0.4) is 0 Å². The molecule has 0 saturated carbocycles. The third kappa shape index (κ3) is 4.19. The van der Waals surface area contributed by atoms with Crippen molar-refractivity contribution < 1.29 is 5.11 Å². The molecule has 0 amide bonds. The fourth-order valence-corrected chi connectivity index (χ4v) is 1.71. The fraction of sp³-hybridized carbons (Fsp3) is 0.467. The molecule has 1 aromatic carbocycles. The van der Waals surface area contributed by atoms with Gasteiger partial charge in [0.2, 0.25) is 0 Å². The van der Waals surface area contributed by atoms with E-state index in [9.17, 15) is 0 Å². The average molecular weight is 218 g/mol. The zero-order valence-corrected chi connectivity index (χ0v) is 10.5. The monoisotopic (exact) mass is 218 g/mol. The van der Waals surface area contributed by atoms with Crippen LogP contribution in [-0.2, 0) is 0 Å². The average Bonchev–Trinajstić information content (AvgIpc) is 2.29. The maximum absolute atomic E-state index is 8.88. The van der Waals surface area contributed by atoms with Gasteiger partial charge in [0, 0.05) is 0 Å². The lowest BCUT2D eigenvalue weighted by atomic mass is 9.95. The topological polar surface area (TPSA) is 20.2 Å². The number of aliphatic hydroxyl groups excluding tert-OH is 1. The van der Waals surface area contributed by atoms with Gasteiger partial charge in [-0.3, -0.25) is 0 Å². The number of aryl methyl sites for hydroxylation is 1. The van der Waals surface area contributed by atoms with Crippen LogP contribution in [0.1, 0.15) is 43.7 Å². The summed E-state index contributed by atoms with van der Waals surface area (Å²) in [4.78, 5) is 0. The van der Waals surface area contributed by atoms with Gasteiger partial charge in [-0.1, -0.05) is 48.4 Å². The van der Waals surface area contributed by atoms with Crippen LogP contribution < -0.4 is 0 Å². The van der Waals surface area contributed by atoms with Gasteiger partial charge in [0.25, 0.3) is 0 Å². The lowest BCUT2D eigenvalue weighted by Gasteiger charge is -2.10. The zero-order chi connectivity index (χ0) is 12.0. The Kier molecular flexibility index (Phi) is 5.27. The minimum Gasteiger partial charge on any atom is -0.392 e. The molecular formula is C15H22O. The molecule has 1 atom stereocenters. The molecule has 1 nitrogen and oxygen atoms in total. The maximum Gasteiger partial charge on any atom is 0.0639 e. The quantitative estimate of drug-likeness (QED) is 0.745. The molecule has 0 aliphatic rings. The summed E-state index contributed by atoms with van der Waals surface area (Å²) in [6.07, 6.45) is 4.31. The van der Waals surface area contributed by atoms with Crippen LogP contribution in [0.15, 0.2) is 35.9 Å². The van der Waals surface area contributed by atoms with Gasteiger partial charge in [-0.05, 0) is 38.2 Å². The smallest absolute Gasteiger partial charge is 0.0639 e. The first-order chi connectivity index (χ1) is 7.63. The van der Waals surface area contributed by atoms with Crippen molar-refractivity contribution in [2.45, 2.75) is 39.5 Å². The highest BCUT2D eigenvalue weighted by atomic mass is 16.3. The van der Waals surface area contributed by atoms with Gasteiger partial charge < -0.3 is 5.11 Å². The summed E-state index contributed by atoms with van der Waals surface area (Å²) in [5.41, 5.74) is 3.78. The van der Waals surface area contributed by atoms with Gasteiger partial charge in [0.15, 0.2) is 0 Å². The van der Waals surface area contributed by atoms with Gasteiger partial charge in [0.1, 0.15) is 0 Å². The summed E-state index contributed by atoms with van der Waals surface area (Å²) in [5, 5.41) is 8.88. The van der Waals surface area contributed by atoms with E-state index in [1.54, 1.807) is 0 Å². The van der Waals surface area contributed by atoms with Gasteiger partial charge in [-0.2, -0.15) is 0 Å². The molecule has 1 rings (SSSR count). The molecule has 0 heterocycles. The van der Waals surface area contributed by atoms with E-state index in [1.807, 2.05) is 6.92 Å². The molecule has 1 N–H and O–H groups in total. The summed E-state index contributed by atoms with van der Waals surface area (Å²) in [7, 11) is 0. The van der Waals surface area contributed by atoms with Crippen molar-refractivity contribution >= 4 is 0 Å². The Hall–Kier alpha value is -1.08. The van der Waals surface area contributed by atoms with Crippen LogP contribution >= 0.6 is 0 Å². The Labute approximate surface area is 98.8 Å². The van der Waals surface area contributed by atoms with E-state index in [1.165, 1.54) is 11.1 Å². The molecule has 0 fully saturated rings. The van der Waals surface area contributed by atoms with E-state index in [0.717, 1.165) is 18.4 Å². The molecule has 0 unspecified atom stereocenters. The lowest BCUT2D eigenvalue weighted by Crippen LogP contribution is -1.93. The number of aliphatic hydroxyl groups is 1. The molecule has 0 aliphatic carbocycles. The van der Waals surface area contributed by atoms with Crippen molar-refractivity contribution in [1.82, 2.24) is 0 Å². The second kappa shape index (κ2) is 6.49. The second-order valence-electron chi connectivity index (χ2n) is 4.60. The summed E-state index contributed by atoms with van der Waals surface area (Å²) in [6.45, 7) is 6.52. The SMILES string of the molecule is C/C(=C/CC[C@H](C)c1ccc(C)cc1)CO. The zero-order valence-electron chi connectivity index (χ0n) is 10.5. The maximum atomic E-state index is 8.88. The van der Waals surface area contributed by atoms with Crippen molar-refractivity contribution in [3.63, 3.8) is 0 Å². The minimum absolute atomic E-state index is 0.179. The third-order valence-corrected chi connectivity index (χ3v) is 2.99. The molecule has 88 valence electrons. The summed E-state index contributed by atoms with van der Waals surface area (Å²) < 4.78 is 0. The summed E-state index contributed by atoms with van der Waals surface area (Å²) in [5.74, 6) is 0.586. The van der Waals surface area contributed by atoms with E-state index in [-0.39, 0.29) is 6.61 Å². The lowest BCUT2D eigenvalue weighted by molar-refractivity contribution is 0.331. The normalized spacial score (nSPS) is 13.9. The molecule has 0 saturated heterocycles. The van der Waals surface area contributed by atoms with Crippen LogP contribution in [0, 0.1) is 6.92 Å². The molecule has 0 spiro atoms. The minimum atomic E-state index is 0.179. The fourth-order valence-electron chi connectivity index (χ4n) is 1.71. The van der Waals surface area contributed by atoms with E-state index < -0.39 is 0 Å². The predicted molar refractivity (Wildman–Crippen MR) is 69.7 cm³/mol. The van der Waals surface area contributed by atoms with Gasteiger partial charge in [-0.15, -0.1) is 0 Å². The van der Waals surface area contributed by atoms with E-state index in [2.05, 4.69) is 44.2 Å². The van der Waals surface area contributed by atoms with Crippen molar-refractivity contribution in [2.24, 2.45) is 0 Å². The largest absolute Gasteiger partial charge is 0.392 e. The first-order valence-electron chi connectivity index (χ1n) is 5.96. The molecule has 0 aliphatic heterocycles. The first kappa shape index (κ1) is 13.0. The van der Waals surface area contributed by atoms with E-state index >= 15 is 0 Å². The highest BCUT2D eigenvalue weighted by Gasteiger charge is 2.03. The molecule has 1 aromatic rings. The van der Waals surface area contributed by atoms with Gasteiger partial charge >= 0.3 is 0 Å².